The maximum Gasteiger partial charge on any atom is 0.258 e. The van der Waals surface area contributed by atoms with Gasteiger partial charge in [-0.3, -0.25) is 4.79 Å². The van der Waals surface area contributed by atoms with Crippen molar-refractivity contribution >= 4 is 5.91 Å². The zero-order chi connectivity index (χ0) is 15.2. The van der Waals surface area contributed by atoms with Crippen molar-refractivity contribution in [2.24, 2.45) is 5.73 Å². The fraction of sp³-hybridized carbons (Fsp3) is 0.533. The summed E-state index contributed by atoms with van der Waals surface area (Å²) >= 11 is 0. The standard InChI is InChI=1S/C15H24N2O3/c1-5-19-12-8-6-7-11(9-16)14(12)20-10-13(18)17-15(2,3)4/h6-8H,5,9-10,16H2,1-4H3,(H,17,18). The summed E-state index contributed by atoms with van der Waals surface area (Å²) in [6.07, 6.45) is 0. The van der Waals surface area contributed by atoms with Crippen molar-refractivity contribution in [3.63, 3.8) is 0 Å². The number of ether oxygens (including phenoxy) is 2. The molecule has 0 atom stereocenters. The Morgan fingerprint density at radius 3 is 2.55 bits per heavy atom. The van der Waals surface area contributed by atoms with E-state index < -0.39 is 0 Å². The second-order valence-electron chi connectivity index (χ2n) is 5.47. The first-order valence-corrected chi connectivity index (χ1v) is 6.76. The van der Waals surface area contributed by atoms with Crippen LogP contribution in [-0.2, 0) is 11.3 Å². The van der Waals surface area contributed by atoms with Gasteiger partial charge in [0.2, 0.25) is 0 Å². The summed E-state index contributed by atoms with van der Waals surface area (Å²) in [5.41, 5.74) is 6.23. The Kier molecular flexibility index (Phi) is 5.82. The van der Waals surface area contributed by atoms with Crippen LogP contribution in [0.3, 0.4) is 0 Å². The van der Waals surface area contributed by atoms with E-state index >= 15 is 0 Å². The van der Waals surface area contributed by atoms with Crippen molar-refractivity contribution < 1.29 is 14.3 Å². The van der Waals surface area contributed by atoms with E-state index in [1.54, 1.807) is 6.07 Å². The van der Waals surface area contributed by atoms with Gasteiger partial charge in [-0.15, -0.1) is 0 Å². The maximum absolute atomic E-state index is 11.8. The Balaban J connectivity index is 2.78. The number of hydrogen-bond donors (Lipinski definition) is 2. The third-order valence-corrected chi connectivity index (χ3v) is 2.44. The highest BCUT2D eigenvalue weighted by Gasteiger charge is 2.16. The van der Waals surface area contributed by atoms with E-state index in [-0.39, 0.29) is 18.1 Å². The van der Waals surface area contributed by atoms with Gasteiger partial charge in [-0.05, 0) is 33.8 Å². The monoisotopic (exact) mass is 280 g/mol. The minimum Gasteiger partial charge on any atom is -0.490 e. The molecule has 0 fully saturated rings. The third-order valence-electron chi connectivity index (χ3n) is 2.44. The summed E-state index contributed by atoms with van der Waals surface area (Å²) in [6.45, 7) is 8.45. The van der Waals surface area contributed by atoms with Gasteiger partial charge in [0, 0.05) is 17.6 Å². The first-order chi connectivity index (χ1) is 9.37. The fourth-order valence-corrected chi connectivity index (χ4v) is 1.75. The summed E-state index contributed by atoms with van der Waals surface area (Å²) in [7, 11) is 0. The molecule has 5 nitrogen and oxygen atoms in total. The molecule has 5 heteroatoms. The van der Waals surface area contributed by atoms with Crippen LogP contribution in [-0.4, -0.2) is 24.7 Å². The van der Waals surface area contributed by atoms with E-state index in [0.29, 0.717) is 24.7 Å². The Morgan fingerprint density at radius 2 is 2.00 bits per heavy atom. The molecule has 0 saturated heterocycles. The average Bonchev–Trinajstić information content (AvgIpc) is 2.35. The molecule has 0 saturated carbocycles. The summed E-state index contributed by atoms with van der Waals surface area (Å²) < 4.78 is 11.1. The highest BCUT2D eigenvalue weighted by Crippen LogP contribution is 2.31. The molecule has 0 aliphatic rings. The molecular weight excluding hydrogens is 256 g/mol. The van der Waals surface area contributed by atoms with Gasteiger partial charge in [-0.25, -0.2) is 0 Å². The van der Waals surface area contributed by atoms with Gasteiger partial charge < -0.3 is 20.5 Å². The summed E-state index contributed by atoms with van der Waals surface area (Å²) in [6, 6.07) is 5.52. The number of carbonyl (C=O) groups is 1. The van der Waals surface area contributed by atoms with E-state index in [1.807, 2.05) is 39.8 Å². The van der Waals surface area contributed by atoms with E-state index in [1.165, 1.54) is 0 Å². The lowest BCUT2D eigenvalue weighted by atomic mass is 10.1. The Labute approximate surface area is 120 Å². The van der Waals surface area contributed by atoms with Crippen LogP contribution in [0.4, 0.5) is 0 Å². The Hall–Kier alpha value is -1.75. The molecule has 0 aromatic heterocycles. The lowest BCUT2D eigenvalue weighted by Gasteiger charge is -2.21. The van der Waals surface area contributed by atoms with E-state index in [0.717, 1.165) is 5.56 Å². The molecule has 0 radical (unpaired) electrons. The molecule has 112 valence electrons. The van der Waals surface area contributed by atoms with Crippen molar-refractivity contribution in [2.45, 2.75) is 39.8 Å². The third kappa shape index (κ3) is 5.09. The zero-order valence-electron chi connectivity index (χ0n) is 12.7. The van der Waals surface area contributed by atoms with Crippen LogP contribution in [0.2, 0.25) is 0 Å². The minimum absolute atomic E-state index is 0.0612. The minimum atomic E-state index is -0.281. The fourth-order valence-electron chi connectivity index (χ4n) is 1.75. The largest absolute Gasteiger partial charge is 0.490 e. The number of amides is 1. The predicted molar refractivity (Wildman–Crippen MR) is 78.9 cm³/mol. The molecule has 20 heavy (non-hydrogen) atoms. The van der Waals surface area contributed by atoms with E-state index in [9.17, 15) is 4.79 Å². The van der Waals surface area contributed by atoms with Gasteiger partial charge in [0.15, 0.2) is 18.1 Å². The number of nitrogens with one attached hydrogen (secondary N) is 1. The molecule has 1 amide bonds. The van der Waals surface area contributed by atoms with Gasteiger partial charge in [-0.1, -0.05) is 12.1 Å². The normalized spacial score (nSPS) is 11.1. The van der Waals surface area contributed by atoms with Crippen molar-refractivity contribution in [3.05, 3.63) is 23.8 Å². The lowest BCUT2D eigenvalue weighted by molar-refractivity contribution is -0.124. The van der Waals surface area contributed by atoms with Crippen molar-refractivity contribution in [2.75, 3.05) is 13.2 Å². The van der Waals surface area contributed by atoms with Crippen LogP contribution in [0.1, 0.15) is 33.3 Å². The predicted octanol–water partition coefficient (Wildman–Crippen LogP) is 1.84. The highest BCUT2D eigenvalue weighted by molar-refractivity contribution is 5.78. The van der Waals surface area contributed by atoms with Crippen molar-refractivity contribution in [3.8, 4) is 11.5 Å². The smallest absolute Gasteiger partial charge is 0.258 e. The number of para-hydroxylation sites is 1. The van der Waals surface area contributed by atoms with Gasteiger partial charge in [0.25, 0.3) is 5.91 Å². The van der Waals surface area contributed by atoms with Crippen molar-refractivity contribution in [1.29, 1.82) is 0 Å². The van der Waals surface area contributed by atoms with E-state index in [4.69, 9.17) is 15.2 Å². The Bertz CT molecular complexity index is 453. The number of rotatable bonds is 6. The molecule has 1 aromatic rings. The van der Waals surface area contributed by atoms with Crippen LogP contribution < -0.4 is 20.5 Å². The van der Waals surface area contributed by atoms with Crippen LogP contribution in [0.5, 0.6) is 11.5 Å². The zero-order valence-corrected chi connectivity index (χ0v) is 12.7. The number of nitrogens with two attached hydrogens (primary N) is 1. The Morgan fingerprint density at radius 1 is 1.30 bits per heavy atom. The van der Waals surface area contributed by atoms with Crippen LogP contribution in [0, 0.1) is 0 Å². The SMILES string of the molecule is CCOc1cccc(CN)c1OCC(=O)NC(C)(C)C. The molecule has 3 N–H and O–H groups in total. The summed E-state index contributed by atoms with van der Waals surface area (Å²) in [5.74, 6) is 0.978. The van der Waals surface area contributed by atoms with E-state index in [2.05, 4.69) is 5.32 Å². The van der Waals surface area contributed by atoms with Gasteiger partial charge in [0.05, 0.1) is 6.61 Å². The molecule has 0 heterocycles. The molecule has 1 rings (SSSR count). The van der Waals surface area contributed by atoms with Crippen molar-refractivity contribution in [1.82, 2.24) is 5.32 Å². The molecule has 0 aliphatic heterocycles. The average molecular weight is 280 g/mol. The number of hydrogen-bond acceptors (Lipinski definition) is 4. The summed E-state index contributed by atoms with van der Waals surface area (Å²) in [5, 5.41) is 2.84. The molecule has 1 aromatic carbocycles. The molecule has 0 bridgehead atoms. The van der Waals surface area contributed by atoms with Crippen LogP contribution >= 0.6 is 0 Å². The van der Waals surface area contributed by atoms with Crippen LogP contribution in [0.15, 0.2) is 18.2 Å². The molecule has 0 spiro atoms. The van der Waals surface area contributed by atoms with Gasteiger partial charge in [-0.2, -0.15) is 0 Å². The highest BCUT2D eigenvalue weighted by atomic mass is 16.5. The molecule has 0 unspecified atom stereocenters. The quantitative estimate of drug-likeness (QED) is 0.834. The number of carbonyl (C=O) groups excluding carboxylic acids is 1. The second-order valence-corrected chi connectivity index (χ2v) is 5.47. The second kappa shape index (κ2) is 7.14. The summed E-state index contributed by atoms with van der Waals surface area (Å²) in [4.78, 5) is 11.8. The van der Waals surface area contributed by atoms with Crippen LogP contribution in [0.25, 0.3) is 0 Å². The first-order valence-electron chi connectivity index (χ1n) is 6.76. The first kappa shape index (κ1) is 16.3. The molecule has 0 aliphatic carbocycles. The van der Waals surface area contributed by atoms with Gasteiger partial charge in [0.1, 0.15) is 0 Å². The number of benzene rings is 1. The van der Waals surface area contributed by atoms with Gasteiger partial charge >= 0.3 is 0 Å². The topological polar surface area (TPSA) is 73.6 Å². The maximum atomic E-state index is 11.8. The molecular formula is C15H24N2O3. The lowest BCUT2D eigenvalue weighted by Crippen LogP contribution is -2.43.